The lowest BCUT2D eigenvalue weighted by atomic mass is 9.96. The smallest absolute Gasteiger partial charge is 0.162 e. The summed E-state index contributed by atoms with van der Waals surface area (Å²) in [6.07, 6.45) is 1.44. The molecule has 3 atom stereocenters. The van der Waals surface area contributed by atoms with E-state index >= 15 is 0 Å². The molecule has 2 heteroatoms. The van der Waals surface area contributed by atoms with Crippen LogP contribution in [0.1, 0.15) is 41.0 Å². The van der Waals surface area contributed by atoms with Gasteiger partial charge < -0.3 is 9.47 Å². The Morgan fingerprint density at radius 1 is 1.38 bits per heavy atom. The molecule has 0 aromatic rings. The zero-order chi connectivity index (χ0) is 10.1. The molecule has 0 radical (unpaired) electrons. The minimum Gasteiger partial charge on any atom is -0.349 e. The van der Waals surface area contributed by atoms with E-state index in [2.05, 4.69) is 34.6 Å². The Kier molecular flexibility index (Phi) is 3.36. The third-order valence-electron chi connectivity index (χ3n) is 2.70. The second-order valence-corrected chi connectivity index (χ2v) is 5.09. The summed E-state index contributed by atoms with van der Waals surface area (Å²) in [6, 6.07) is 0. The van der Waals surface area contributed by atoms with Gasteiger partial charge in [-0.2, -0.15) is 0 Å². The van der Waals surface area contributed by atoms with E-state index < -0.39 is 0 Å². The molecule has 1 fully saturated rings. The molecule has 13 heavy (non-hydrogen) atoms. The van der Waals surface area contributed by atoms with Gasteiger partial charge in [-0.3, -0.25) is 0 Å². The molecule has 0 aliphatic carbocycles. The van der Waals surface area contributed by atoms with E-state index in [1.54, 1.807) is 0 Å². The molecule has 78 valence electrons. The summed E-state index contributed by atoms with van der Waals surface area (Å²) in [7, 11) is 0. The molecule has 0 amide bonds. The lowest BCUT2D eigenvalue weighted by Crippen LogP contribution is -2.28. The molecule has 1 rings (SSSR count). The van der Waals surface area contributed by atoms with Crippen molar-refractivity contribution in [3.05, 3.63) is 0 Å². The van der Waals surface area contributed by atoms with E-state index in [1.165, 1.54) is 0 Å². The van der Waals surface area contributed by atoms with Crippen LogP contribution in [0.3, 0.4) is 0 Å². The SMILES string of the molecule is CC[C@H](C)C1COC(C(C)(C)C)O1. The van der Waals surface area contributed by atoms with Crippen molar-refractivity contribution in [1.29, 1.82) is 0 Å². The standard InChI is InChI=1S/C11H22O2/c1-6-8(2)9-7-12-10(13-9)11(3,4)5/h8-10H,6-7H2,1-5H3/t8-,9?,10?/m0/s1. The molecule has 0 saturated carbocycles. The Morgan fingerprint density at radius 3 is 2.38 bits per heavy atom. The number of hydrogen-bond acceptors (Lipinski definition) is 2. The maximum atomic E-state index is 5.86. The minimum absolute atomic E-state index is 0.0218. The second kappa shape index (κ2) is 3.97. The summed E-state index contributed by atoms with van der Waals surface area (Å²) >= 11 is 0. The van der Waals surface area contributed by atoms with E-state index in [0.717, 1.165) is 13.0 Å². The van der Waals surface area contributed by atoms with Crippen LogP contribution in [-0.4, -0.2) is 19.0 Å². The summed E-state index contributed by atoms with van der Waals surface area (Å²) in [5.74, 6) is 0.604. The van der Waals surface area contributed by atoms with Gasteiger partial charge in [0.05, 0.1) is 12.7 Å². The van der Waals surface area contributed by atoms with Gasteiger partial charge in [-0.1, -0.05) is 41.0 Å². The largest absolute Gasteiger partial charge is 0.349 e. The normalized spacial score (nSPS) is 32.1. The van der Waals surface area contributed by atoms with Gasteiger partial charge in [0.1, 0.15) is 0 Å². The minimum atomic E-state index is -0.0218. The van der Waals surface area contributed by atoms with Gasteiger partial charge in [0.25, 0.3) is 0 Å². The van der Waals surface area contributed by atoms with Crippen LogP contribution >= 0.6 is 0 Å². The molecule has 1 heterocycles. The maximum Gasteiger partial charge on any atom is 0.162 e. The average molecular weight is 186 g/mol. The van der Waals surface area contributed by atoms with Crippen molar-refractivity contribution in [3.63, 3.8) is 0 Å². The van der Waals surface area contributed by atoms with Crippen LogP contribution < -0.4 is 0 Å². The predicted octanol–water partition coefficient (Wildman–Crippen LogP) is 2.82. The van der Waals surface area contributed by atoms with Crippen molar-refractivity contribution in [1.82, 2.24) is 0 Å². The van der Waals surface area contributed by atoms with Crippen molar-refractivity contribution >= 4 is 0 Å². The maximum absolute atomic E-state index is 5.86. The third kappa shape index (κ3) is 2.68. The van der Waals surface area contributed by atoms with Crippen LogP contribution in [0.4, 0.5) is 0 Å². The number of hydrogen-bond donors (Lipinski definition) is 0. The summed E-state index contributed by atoms with van der Waals surface area (Å²) < 4.78 is 11.5. The first kappa shape index (κ1) is 11.0. The molecule has 0 aromatic heterocycles. The number of ether oxygens (including phenoxy) is 2. The quantitative estimate of drug-likeness (QED) is 0.660. The summed E-state index contributed by atoms with van der Waals surface area (Å²) in [5, 5.41) is 0. The van der Waals surface area contributed by atoms with Crippen molar-refractivity contribution < 1.29 is 9.47 Å². The molecular formula is C11H22O2. The van der Waals surface area contributed by atoms with Gasteiger partial charge in [-0.05, 0) is 5.92 Å². The van der Waals surface area contributed by atoms with E-state index in [9.17, 15) is 0 Å². The van der Waals surface area contributed by atoms with Crippen molar-refractivity contribution in [2.45, 2.75) is 53.4 Å². The predicted molar refractivity (Wildman–Crippen MR) is 53.5 cm³/mol. The molecule has 1 saturated heterocycles. The molecule has 1 aliphatic heterocycles. The first-order chi connectivity index (χ1) is 5.95. The van der Waals surface area contributed by atoms with Crippen molar-refractivity contribution in [2.75, 3.05) is 6.61 Å². The van der Waals surface area contributed by atoms with Gasteiger partial charge >= 0.3 is 0 Å². The van der Waals surface area contributed by atoms with Gasteiger partial charge in [0.2, 0.25) is 0 Å². The Bertz CT molecular complexity index is 160. The molecule has 0 aromatic carbocycles. The van der Waals surface area contributed by atoms with E-state index in [1.807, 2.05) is 0 Å². The number of rotatable bonds is 2. The summed E-state index contributed by atoms with van der Waals surface area (Å²) in [6.45, 7) is 11.6. The molecule has 0 spiro atoms. The van der Waals surface area contributed by atoms with Gasteiger partial charge in [0, 0.05) is 5.41 Å². The second-order valence-electron chi connectivity index (χ2n) is 5.09. The Hall–Kier alpha value is -0.0800. The van der Waals surface area contributed by atoms with Crippen LogP contribution in [0, 0.1) is 11.3 Å². The summed E-state index contributed by atoms with van der Waals surface area (Å²) in [4.78, 5) is 0. The highest BCUT2D eigenvalue weighted by Gasteiger charge is 2.36. The highest BCUT2D eigenvalue weighted by Crippen LogP contribution is 2.31. The van der Waals surface area contributed by atoms with Crippen molar-refractivity contribution in [3.8, 4) is 0 Å². The molecule has 1 aliphatic rings. The molecule has 2 unspecified atom stereocenters. The highest BCUT2D eigenvalue weighted by atomic mass is 16.7. The van der Waals surface area contributed by atoms with Crippen LogP contribution in [-0.2, 0) is 9.47 Å². The zero-order valence-corrected chi connectivity index (χ0v) is 9.46. The van der Waals surface area contributed by atoms with Crippen LogP contribution in [0.25, 0.3) is 0 Å². The average Bonchev–Trinajstić information content (AvgIpc) is 2.50. The molecular weight excluding hydrogens is 164 g/mol. The Balaban J connectivity index is 2.45. The fraction of sp³-hybridized carbons (Fsp3) is 1.00. The fourth-order valence-electron chi connectivity index (χ4n) is 1.43. The molecule has 0 N–H and O–H groups in total. The third-order valence-corrected chi connectivity index (χ3v) is 2.70. The van der Waals surface area contributed by atoms with Crippen LogP contribution in [0.5, 0.6) is 0 Å². The van der Waals surface area contributed by atoms with E-state index in [0.29, 0.717) is 12.0 Å². The van der Waals surface area contributed by atoms with Crippen molar-refractivity contribution in [2.24, 2.45) is 11.3 Å². The Morgan fingerprint density at radius 2 is 2.00 bits per heavy atom. The highest BCUT2D eigenvalue weighted by molar-refractivity contribution is 4.77. The Labute approximate surface area is 81.6 Å². The first-order valence-electron chi connectivity index (χ1n) is 5.22. The monoisotopic (exact) mass is 186 g/mol. The topological polar surface area (TPSA) is 18.5 Å². The lowest BCUT2D eigenvalue weighted by Gasteiger charge is -2.26. The lowest BCUT2D eigenvalue weighted by molar-refractivity contribution is -0.129. The van der Waals surface area contributed by atoms with Crippen LogP contribution in [0.15, 0.2) is 0 Å². The van der Waals surface area contributed by atoms with Gasteiger partial charge in [-0.25, -0.2) is 0 Å². The van der Waals surface area contributed by atoms with E-state index in [4.69, 9.17) is 9.47 Å². The van der Waals surface area contributed by atoms with Gasteiger partial charge in [0.15, 0.2) is 6.29 Å². The summed E-state index contributed by atoms with van der Waals surface area (Å²) in [5.41, 5.74) is 0.0994. The molecule has 2 nitrogen and oxygen atoms in total. The van der Waals surface area contributed by atoms with Crippen LogP contribution in [0.2, 0.25) is 0 Å². The fourth-order valence-corrected chi connectivity index (χ4v) is 1.43. The first-order valence-corrected chi connectivity index (χ1v) is 5.22. The zero-order valence-electron chi connectivity index (χ0n) is 9.46. The van der Waals surface area contributed by atoms with E-state index in [-0.39, 0.29) is 11.7 Å². The molecule has 0 bridgehead atoms. The van der Waals surface area contributed by atoms with Gasteiger partial charge in [-0.15, -0.1) is 0 Å².